The van der Waals surface area contributed by atoms with E-state index >= 15 is 0 Å². The zero-order valence-electron chi connectivity index (χ0n) is 10.7. The lowest BCUT2D eigenvalue weighted by atomic mass is 10.0. The summed E-state index contributed by atoms with van der Waals surface area (Å²) in [4.78, 5) is 0. The molecule has 0 aliphatic heterocycles. The second kappa shape index (κ2) is 6.11. The van der Waals surface area contributed by atoms with E-state index in [0.717, 1.165) is 16.9 Å². The number of ether oxygens (including phenoxy) is 1. The molecule has 0 amide bonds. The van der Waals surface area contributed by atoms with E-state index in [4.69, 9.17) is 21.3 Å². The van der Waals surface area contributed by atoms with Crippen molar-refractivity contribution < 1.29 is 9.84 Å². The first-order chi connectivity index (χ1) is 9.19. The molecule has 4 nitrogen and oxygen atoms in total. The van der Waals surface area contributed by atoms with Gasteiger partial charge in [0.2, 0.25) is 0 Å². The maximum absolute atomic E-state index is 8.69. The van der Waals surface area contributed by atoms with Crippen LogP contribution >= 0.6 is 0 Å². The number of hydrogen-bond donors (Lipinski definition) is 3. The number of nitrogens with two attached hydrogens (primary N) is 2. The summed E-state index contributed by atoms with van der Waals surface area (Å²) >= 11 is 0. The summed E-state index contributed by atoms with van der Waals surface area (Å²) in [7, 11) is 0. The Morgan fingerprint density at radius 3 is 2.11 bits per heavy atom. The molecule has 2 rings (SSSR count). The average Bonchev–Trinajstić information content (AvgIpc) is 2.39. The van der Waals surface area contributed by atoms with Crippen LogP contribution < -0.4 is 16.2 Å². The molecule has 0 fully saturated rings. The van der Waals surface area contributed by atoms with Gasteiger partial charge in [-0.25, -0.2) is 0 Å². The third-order valence-corrected chi connectivity index (χ3v) is 2.74. The quantitative estimate of drug-likeness (QED) is 0.567. The highest BCUT2D eigenvalue weighted by Gasteiger charge is 2.01. The largest absolute Gasteiger partial charge is 0.494 e. The molecule has 0 bridgehead atoms. The predicted molar refractivity (Wildman–Crippen MR) is 77.9 cm³/mol. The second-order valence-corrected chi connectivity index (χ2v) is 4.34. The zero-order valence-corrected chi connectivity index (χ0v) is 10.7. The number of nitrogen functional groups attached to an aromatic ring is 2. The van der Waals surface area contributed by atoms with Crippen LogP contribution in [0.1, 0.15) is 6.42 Å². The van der Waals surface area contributed by atoms with Crippen molar-refractivity contribution in [2.45, 2.75) is 6.42 Å². The monoisotopic (exact) mass is 258 g/mol. The smallest absolute Gasteiger partial charge is 0.119 e. The van der Waals surface area contributed by atoms with E-state index in [0.29, 0.717) is 24.4 Å². The maximum atomic E-state index is 8.69. The van der Waals surface area contributed by atoms with E-state index < -0.39 is 0 Å². The molecule has 100 valence electrons. The van der Waals surface area contributed by atoms with Gasteiger partial charge in [-0.15, -0.1) is 0 Å². The molecule has 0 atom stereocenters. The fraction of sp³-hybridized carbons (Fsp3) is 0.200. The molecule has 2 aromatic rings. The Morgan fingerprint density at radius 1 is 0.895 bits per heavy atom. The zero-order chi connectivity index (χ0) is 13.7. The molecule has 0 aliphatic carbocycles. The lowest BCUT2D eigenvalue weighted by molar-refractivity contribution is 0.233. The number of anilines is 2. The Bertz CT molecular complexity index is 518. The Balaban J connectivity index is 2.13. The van der Waals surface area contributed by atoms with Crippen molar-refractivity contribution in [1.82, 2.24) is 0 Å². The van der Waals surface area contributed by atoms with Crippen molar-refractivity contribution in [3.63, 3.8) is 0 Å². The first-order valence-corrected chi connectivity index (χ1v) is 6.19. The molecule has 0 radical (unpaired) electrons. The van der Waals surface area contributed by atoms with Gasteiger partial charge in [-0.2, -0.15) is 0 Å². The Morgan fingerprint density at radius 2 is 1.53 bits per heavy atom. The van der Waals surface area contributed by atoms with Crippen LogP contribution in [-0.4, -0.2) is 18.3 Å². The second-order valence-electron chi connectivity index (χ2n) is 4.34. The molecular weight excluding hydrogens is 240 g/mol. The fourth-order valence-electron chi connectivity index (χ4n) is 1.84. The summed E-state index contributed by atoms with van der Waals surface area (Å²) in [6.45, 7) is 0.654. The molecule has 0 aliphatic rings. The molecule has 0 spiro atoms. The van der Waals surface area contributed by atoms with Gasteiger partial charge >= 0.3 is 0 Å². The minimum atomic E-state index is 0.140. The minimum Gasteiger partial charge on any atom is -0.494 e. The molecule has 0 unspecified atom stereocenters. The molecular formula is C15H18N2O2. The van der Waals surface area contributed by atoms with Crippen LogP contribution in [0.5, 0.6) is 5.75 Å². The summed E-state index contributed by atoms with van der Waals surface area (Å²) in [6.07, 6.45) is 0.632. The lowest BCUT2D eigenvalue weighted by Gasteiger charge is -2.08. The summed E-state index contributed by atoms with van der Waals surface area (Å²) in [5, 5.41) is 8.69. The summed E-state index contributed by atoms with van der Waals surface area (Å²) < 4.78 is 5.48. The standard InChI is InChI=1S/C15H18N2O2/c16-13-8-12(9-14(17)10-13)11-2-4-15(5-3-11)19-7-1-6-18/h2-5,8-10,18H,1,6-7,16-17H2. The number of aliphatic hydroxyl groups is 1. The third kappa shape index (κ3) is 3.63. The van der Waals surface area contributed by atoms with Gasteiger partial charge in [0.1, 0.15) is 5.75 Å². The molecule has 4 heteroatoms. The Labute approximate surface area is 112 Å². The fourth-order valence-corrected chi connectivity index (χ4v) is 1.84. The van der Waals surface area contributed by atoms with Crippen LogP contribution in [0.4, 0.5) is 11.4 Å². The van der Waals surface area contributed by atoms with Crippen molar-refractivity contribution in [3.05, 3.63) is 42.5 Å². The van der Waals surface area contributed by atoms with Crippen LogP contribution in [-0.2, 0) is 0 Å². The summed E-state index contributed by atoms with van der Waals surface area (Å²) in [5.41, 5.74) is 14.9. The highest BCUT2D eigenvalue weighted by atomic mass is 16.5. The number of aliphatic hydroxyl groups excluding tert-OH is 1. The van der Waals surface area contributed by atoms with Crippen molar-refractivity contribution in [2.24, 2.45) is 0 Å². The van der Waals surface area contributed by atoms with Crippen LogP contribution in [0.2, 0.25) is 0 Å². The van der Waals surface area contributed by atoms with Crippen LogP contribution in [0.25, 0.3) is 11.1 Å². The van der Waals surface area contributed by atoms with Gasteiger partial charge in [0, 0.05) is 24.4 Å². The van der Waals surface area contributed by atoms with Crippen molar-refractivity contribution in [1.29, 1.82) is 0 Å². The normalized spacial score (nSPS) is 10.4. The van der Waals surface area contributed by atoms with E-state index in [1.165, 1.54) is 0 Å². The predicted octanol–water partition coefficient (Wildman–Crippen LogP) is 2.28. The van der Waals surface area contributed by atoms with Crippen LogP contribution in [0.15, 0.2) is 42.5 Å². The van der Waals surface area contributed by atoms with Gasteiger partial charge in [0.25, 0.3) is 0 Å². The Kier molecular flexibility index (Phi) is 4.26. The molecule has 5 N–H and O–H groups in total. The lowest BCUT2D eigenvalue weighted by Crippen LogP contribution is -1.99. The van der Waals surface area contributed by atoms with E-state index in [1.807, 2.05) is 36.4 Å². The molecule has 0 saturated carbocycles. The topological polar surface area (TPSA) is 81.5 Å². The summed E-state index contributed by atoms with van der Waals surface area (Å²) in [5.74, 6) is 0.786. The molecule has 19 heavy (non-hydrogen) atoms. The van der Waals surface area contributed by atoms with Crippen molar-refractivity contribution in [2.75, 3.05) is 24.7 Å². The first-order valence-electron chi connectivity index (χ1n) is 6.19. The van der Waals surface area contributed by atoms with Gasteiger partial charge in [-0.3, -0.25) is 0 Å². The average molecular weight is 258 g/mol. The van der Waals surface area contributed by atoms with Gasteiger partial charge < -0.3 is 21.3 Å². The first kappa shape index (κ1) is 13.2. The van der Waals surface area contributed by atoms with E-state index in [9.17, 15) is 0 Å². The van der Waals surface area contributed by atoms with Crippen LogP contribution in [0, 0.1) is 0 Å². The van der Waals surface area contributed by atoms with Gasteiger partial charge in [-0.1, -0.05) is 12.1 Å². The van der Waals surface area contributed by atoms with E-state index in [-0.39, 0.29) is 6.61 Å². The van der Waals surface area contributed by atoms with E-state index in [1.54, 1.807) is 6.07 Å². The number of benzene rings is 2. The number of rotatable bonds is 5. The van der Waals surface area contributed by atoms with Gasteiger partial charge in [0.05, 0.1) is 6.61 Å². The highest BCUT2D eigenvalue weighted by molar-refractivity contribution is 5.72. The molecule has 0 heterocycles. The molecule has 0 saturated heterocycles. The van der Waals surface area contributed by atoms with Gasteiger partial charge in [-0.05, 0) is 41.5 Å². The van der Waals surface area contributed by atoms with Crippen molar-refractivity contribution in [3.8, 4) is 16.9 Å². The summed E-state index contributed by atoms with van der Waals surface area (Å²) in [6, 6.07) is 13.2. The third-order valence-electron chi connectivity index (χ3n) is 2.74. The van der Waals surface area contributed by atoms with Crippen LogP contribution in [0.3, 0.4) is 0 Å². The number of hydrogen-bond acceptors (Lipinski definition) is 4. The molecule has 2 aromatic carbocycles. The Hall–Kier alpha value is -2.20. The minimum absolute atomic E-state index is 0.140. The van der Waals surface area contributed by atoms with Gasteiger partial charge in [0.15, 0.2) is 0 Å². The van der Waals surface area contributed by atoms with Crippen molar-refractivity contribution >= 4 is 11.4 Å². The SMILES string of the molecule is Nc1cc(N)cc(-c2ccc(OCCCO)cc2)c1. The highest BCUT2D eigenvalue weighted by Crippen LogP contribution is 2.26. The van der Waals surface area contributed by atoms with E-state index in [2.05, 4.69) is 0 Å². The molecule has 0 aromatic heterocycles. The maximum Gasteiger partial charge on any atom is 0.119 e.